The molecule has 146 valence electrons. The summed E-state index contributed by atoms with van der Waals surface area (Å²) in [6.45, 7) is 3.24. The molecule has 1 heterocycles. The maximum absolute atomic E-state index is 12.7. The van der Waals surface area contributed by atoms with E-state index in [4.69, 9.17) is 0 Å². The number of benzene rings is 1. The van der Waals surface area contributed by atoms with E-state index in [1.54, 1.807) is 24.3 Å². The molecule has 3 amide bonds. The van der Waals surface area contributed by atoms with Crippen molar-refractivity contribution in [2.24, 2.45) is 11.8 Å². The van der Waals surface area contributed by atoms with Crippen LogP contribution in [0, 0.1) is 11.8 Å². The summed E-state index contributed by atoms with van der Waals surface area (Å²) in [5, 5.41) is 3.08. The molecule has 3 rings (SSSR count). The normalized spacial score (nSPS) is 22.0. The van der Waals surface area contributed by atoms with Gasteiger partial charge in [-0.25, -0.2) is 0 Å². The molecule has 27 heavy (non-hydrogen) atoms. The van der Waals surface area contributed by atoms with Gasteiger partial charge in [0.2, 0.25) is 5.91 Å². The zero-order valence-electron chi connectivity index (χ0n) is 16.2. The molecule has 0 aromatic heterocycles. The van der Waals surface area contributed by atoms with Crippen molar-refractivity contribution in [3.8, 4) is 0 Å². The second kappa shape index (κ2) is 9.16. The van der Waals surface area contributed by atoms with Crippen LogP contribution in [0.15, 0.2) is 24.3 Å². The fourth-order valence-electron chi connectivity index (χ4n) is 4.31. The molecule has 1 aromatic rings. The molecule has 2 aliphatic rings. The molecule has 1 aromatic carbocycles. The Hall–Kier alpha value is -2.17. The lowest BCUT2D eigenvalue weighted by atomic mass is 9.78. The molecule has 1 saturated carbocycles. The lowest BCUT2D eigenvalue weighted by Gasteiger charge is -2.32. The smallest absolute Gasteiger partial charge is 0.261 e. The predicted molar refractivity (Wildman–Crippen MR) is 104 cm³/mol. The molecule has 2 unspecified atom stereocenters. The largest absolute Gasteiger partial charge is 0.356 e. The number of unbranched alkanes of at least 4 members (excludes halogenated alkanes) is 3. The average molecular weight is 370 g/mol. The van der Waals surface area contributed by atoms with Crippen molar-refractivity contribution in [1.82, 2.24) is 10.2 Å². The van der Waals surface area contributed by atoms with Crippen LogP contribution in [0.5, 0.6) is 0 Å². The molecule has 5 heteroatoms. The van der Waals surface area contributed by atoms with Gasteiger partial charge in [-0.05, 0) is 37.3 Å². The van der Waals surface area contributed by atoms with E-state index in [2.05, 4.69) is 12.2 Å². The van der Waals surface area contributed by atoms with E-state index >= 15 is 0 Å². The van der Waals surface area contributed by atoms with Crippen LogP contribution in [0.25, 0.3) is 0 Å². The highest BCUT2D eigenvalue weighted by Gasteiger charge is 2.39. The second-order valence-electron chi connectivity index (χ2n) is 7.77. The maximum Gasteiger partial charge on any atom is 0.261 e. The zero-order chi connectivity index (χ0) is 19.2. The second-order valence-corrected chi connectivity index (χ2v) is 7.77. The van der Waals surface area contributed by atoms with E-state index in [9.17, 15) is 14.4 Å². The Kier molecular flexibility index (Phi) is 6.64. The van der Waals surface area contributed by atoms with Gasteiger partial charge in [0.25, 0.3) is 11.8 Å². The number of carbonyl (C=O) groups excluding carboxylic acids is 3. The summed E-state index contributed by atoms with van der Waals surface area (Å²) in [4.78, 5) is 39.3. The summed E-state index contributed by atoms with van der Waals surface area (Å²) in [6, 6.07) is 6.97. The third kappa shape index (κ3) is 4.40. The van der Waals surface area contributed by atoms with Gasteiger partial charge in [-0.2, -0.15) is 0 Å². The van der Waals surface area contributed by atoms with Crippen molar-refractivity contribution in [3.63, 3.8) is 0 Å². The fraction of sp³-hybridized carbons (Fsp3) is 0.591. The first-order valence-electron chi connectivity index (χ1n) is 10.4. The average Bonchev–Trinajstić information content (AvgIpc) is 2.93. The SMILES string of the molecule is CCCCCCNC(=O)C1CCCCC1CN1C(=O)c2ccccc2C1=O. The number of hydrogen-bond acceptors (Lipinski definition) is 3. The molecule has 1 N–H and O–H groups in total. The summed E-state index contributed by atoms with van der Waals surface area (Å²) in [5.41, 5.74) is 0.963. The van der Waals surface area contributed by atoms with Gasteiger partial charge in [0, 0.05) is 19.0 Å². The monoisotopic (exact) mass is 370 g/mol. The Morgan fingerprint density at radius 3 is 2.37 bits per heavy atom. The molecule has 0 spiro atoms. The fourth-order valence-corrected chi connectivity index (χ4v) is 4.31. The van der Waals surface area contributed by atoms with Crippen molar-refractivity contribution in [2.75, 3.05) is 13.1 Å². The standard InChI is InChI=1S/C22H30N2O3/c1-2-3-4-9-14-23-20(25)17-11-6-5-10-16(17)15-24-21(26)18-12-7-8-13-19(18)22(24)27/h7-8,12-13,16-17H,2-6,9-11,14-15H2,1H3,(H,23,25). The van der Waals surface area contributed by atoms with Crippen LogP contribution in [0.4, 0.5) is 0 Å². The van der Waals surface area contributed by atoms with Gasteiger partial charge in [0.05, 0.1) is 11.1 Å². The Balaban J connectivity index is 1.60. The topological polar surface area (TPSA) is 66.5 Å². The Labute approximate surface area is 161 Å². The van der Waals surface area contributed by atoms with Gasteiger partial charge in [0.15, 0.2) is 0 Å². The summed E-state index contributed by atoms with van der Waals surface area (Å²) in [5.74, 6) is -0.404. The van der Waals surface area contributed by atoms with Crippen LogP contribution >= 0.6 is 0 Å². The third-order valence-electron chi connectivity index (χ3n) is 5.87. The molecule has 1 aliphatic carbocycles. The quantitative estimate of drug-likeness (QED) is 0.559. The van der Waals surface area contributed by atoms with Crippen molar-refractivity contribution in [1.29, 1.82) is 0 Å². The number of nitrogens with one attached hydrogen (secondary N) is 1. The lowest BCUT2D eigenvalue weighted by Crippen LogP contribution is -2.43. The Morgan fingerprint density at radius 1 is 1.04 bits per heavy atom. The Bertz CT molecular complexity index is 666. The first-order valence-corrected chi connectivity index (χ1v) is 10.4. The highest BCUT2D eigenvalue weighted by atomic mass is 16.2. The predicted octanol–water partition coefficient (Wildman–Crippen LogP) is 3.79. The third-order valence-corrected chi connectivity index (χ3v) is 5.87. The molecular formula is C22H30N2O3. The number of fused-ring (bicyclic) bond motifs is 1. The highest BCUT2D eigenvalue weighted by Crippen LogP contribution is 2.33. The first kappa shape index (κ1) is 19.6. The van der Waals surface area contributed by atoms with Gasteiger partial charge in [0.1, 0.15) is 0 Å². The minimum absolute atomic E-state index is 0.0524. The van der Waals surface area contributed by atoms with E-state index in [1.807, 2.05) is 0 Å². The van der Waals surface area contributed by atoms with Crippen molar-refractivity contribution >= 4 is 17.7 Å². The van der Waals surface area contributed by atoms with Crippen LogP contribution in [-0.2, 0) is 4.79 Å². The molecule has 0 saturated heterocycles. The van der Waals surface area contributed by atoms with Gasteiger partial charge >= 0.3 is 0 Å². The number of amides is 3. The van der Waals surface area contributed by atoms with E-state index in [0.29, 0.717) is 17.7 Å². The van der Waals surface area contributed by atoms with Gasteiger partial charge < -0.3 is 5.32 Å². The maximum atomic E-state index is 12.7. The van der Waals surface area contributed by atoms with Crippen molar-refractivity contribution < 1.29 is 14.4 Å². The number of nitrogens with zero attached hydrogens (tertiary/aromatic N) is 1. The van der Waals surface area contributed by atoms with Crippen LogP contribution in [-0.4, -0.2) is 35.7 Å². The molecule has 1 aliphatic heterocycles. The molecule has 2 atom stereocenters. The molecule has 1 fully saturated rings. The van der Waals surface area contributed by atoms with E-state index < -0.39 is 0 Å². The number of hydrogen-bond donors (Lipinski definition) is 1. The lowest BCUT2D eigenvalue weighted by molar-refractivity contribution is -0.128. The number of rotatable bonds is 8. The summed E-state index contributed by atoms with van der Waals surface area (Å²) < 4.78 is 0. The van der Waals surface area contributed by atoms with Crippen LogP contribution < -0.4 is 5.32 Å². The molecule has 5 nitrogen and oxygen atoms in total. The molecular weight excluding hydrogens is 340 g/mol. The molecule has 0 bridgehead atoms. The van der Waals surface area contributed by atoms with Crippen molar-refractivity contribution in [3.05, 3.63) is 35.4 Å². The Morgan fingerprint density at radius 2 is 1.70 bits per heavy atom. The summed E-state index contributed by atoms with van der Waals surface area (Å²) in [6.07, 6.45) is 8.34. The number of carbonyl (C=O) groups is 3. The first-order chi connectivity index (χ1) is 13.1. The summed E-state index contributed by atoms with van der Waals surface area (Å²) in [7, 11) is 0. The van der Waals surface area contributed by atoms with Gasteiger partial charge in [-0.1, -0.05) is 51.2 Å². The minimum atomic E-state index is -0.222. The minimum Gasteiger partial charge on any atom is -0.356 e. The van der Waals surface area contributed by atoms with Crippen LogP contribution in [0.3, 0.4) is 0 Å². The number of imide groups is 1. The van der Waals surface area contributed by atoms with Crippen LogP contribution in [0.1, 0.15) is 79.0 Å². The highest BCUT2D eigenvalue weighted by molar-refractivity contribution is 6.21. The van der Waals surface area contributed by atoms with Crippen LogP contribution in [0.2, 0.25) is 0 Å². The summed E-state index contributed by atoms with van der Waals surface area (Å²) >= 11 is 0. The van der Waals surface area contributed by atoms with Crippen molar-refractivity contribution in [2.45, 2.75) is 58.3 Å². The zero-order valence-corrected chi connectivity index (χ0v) is 16.2. The van der Waals surface area contributed by atoms with E-state index in [1.165, 1.54) is 17.7 Å². The van der Waals surface area contributed by atoms with Gasteiger partial charge in [-0.3, -0.25) is 19.3 Å². The van der Waals surface area contributed by atoms with Gasteiger partial charge in [-0.15, -0.1) is 0 Å². The van der Waals surface area contributed by atoms with E-state index in [0.717, 1.165) is 45.1 Å². The van der Waals surface area contributed by atoms with E-state index in [-0.39, 0.29) is 29.6 Å². The molecule has 0 radical (unpaired) electrons.